The summed E-state index contributed by atoms with van der Waals surface area (Å²) in [5.41, 5.74) is 2.71. The molecule has 0 aliphatic heterocycles. The summed E-state index contributed by atoms with van der Waals surface area (Å²) in [5, 5.41) is 0. The zero-order valence-electron chi connectivity index (χ0n) is 9.21. The van der Waals surface area contributed by atoms with Crippen LogP contribution in [0.3, 0.4) is 0 Å². The van der Waals surface area contributed by atoms with E-state index in [1.54, 1.807) is 12.3 Å². The molecule has 2 nitrogen and oxygen atoms in total. The van der Waals surface area contributed by atoms with E-state index < -0.39 is 0 Å². The summed E-state index contributed by atoms with van der Waals surface area (Å²) in [5.74, 6) is 0. The van der Waals surface area contributed by atoms with Gasteiger partial charge in [-0.25, -0.2) is 0 Å². The first-order valence-corrected chi connectivity index (χ1v) is 5.52. The van der Waals surface area contributed by atoms with E-state index in [0.717, 1.165) is 16.6 Å². The fourth-order valence-corrected chi connectivity index (χ4v) is 2.05. The monoisotopic (exact) mass is 221 g/mol. The van der Waals surface area contributed by atoms with Crippen molar-refractivity contribution in [3.05, 3.63) is 77.2 Å². The predicted molar refractivity (Wildman–Crippen MR) is 69.1 cm³/mol. The van der Waals surface area contributed by atoms with Gasteiger partial charge >= 0.3 is 0 Å². The summed E-state index contributed by atoms with van der Waals surface area (Å²) in [7, 11) is 0. The lowest BCUT2D eigenvalue weighted by Crippen LogP contribution is -2.06. The van der Waals surface area contributed by atoms with Gasteiger partial charge in [0.15, 0.2) is 5.43 Å². The summed E-state index contributed by atoms with van der Waals surface area (Å²) in [6.07, 6.45) is 3.74. The first kappa shape index (κ1) is 9.85. The van der Waals surface area contributed by atoms with Crippen LogP contribution in [0.25, 0.3) is 16.6 Å². The summed E-state index contributed by atoms with van der Waals surface area (Å²) >= 11 is 0. The van der Waals surface area contributed by atoms with Gasteiger partial charge in [0.2, 0.25) is 0 Å². The molecule has 1 aromatic carbocycles. The van der Waals surface area contributed by atoms with Crippen LogP contribution in [-0.4, -0.2) is 4.40 Å². The number of nitrogens with zero attached hydrogens (tertiary/aromatic N) is 1. The Labute approximate surface area is 98.8 Å². The Morgan fingerprint density at radius 2 is 1.53 bits per heavy atom. The maximum Gasteiger partial charge on any atom is 0.190 e. The molecule has 0 saturated heterocycles. The van der Waals surface area contributed by atoms with Gasteiger partial charge in [-0.15, -0.1) is 0 Å². The van der Waals surface area contributed by atoms with Gasteiger partial charge in [-0.3, -0.25) is 4.79 Å². The quantitative estimate of drug-likeness (QED) is 0.619. The number of aromatic nitrogens is 1. The molecule has 3 aromatic rings. The predicted octanol–water partition coefficient (Wildman–Crippen LogP) is 2.97. The van der Waals surface area contributed by atoms with Crippen LogP contribution in [0.4, 0.5) is 0 Å². The largest absolute Gasteiger partial charge is 0.323 e. The molecule has 0 N–H and O–H groups in total. The Morgan fingerprint density at radius 1 is 0.765 bits per heavy atom. The SMILES string of the molecule is O=c1ccn2ccccc2c1-c1ccccc1. The van der Waals surface area contributed by atoms with E-state index in [-0.39, 0.29) is 5.43 Å². The van der Waals surface area contributed by atoms with Gasteiger partial charge in [0.05, 0.1) is 11.1 Å². The molecule has 0 atom stereocenters. The van der Waals surface area contributed by atoms with Gasteiger partial charge in [-0.05, 0) is 17.7 Å². The van der Waals surface area contributed by atoms with E-state index in [4.69, 9.17) is 0 Å². The highest BCUT2D eigenvalue weighted by molar-refractivity contribution is 5.79. The maximum atomic E-state index is 12.0. The van der Waals surface area contributed by atoms with E-state index in [9.17, 15) is 4.79 Å². The Bertz CT molecular complexity index is 714. The van der Waals surface area contributed by atoms with Crippen LogP contribution in [-0.2, 0) is 0 Å². The fraction of sp³-hybridized carbons (Fsp3) is 0. The Morgan fingerprint density at radius 3 is 2.35 bits per heavy atom. The number of benzene rings is 1. The molecule has 0 spiro atoms. The average Bonchev–Trinajstić information content (AvgIpc) is 2.39. The number of rotatable bonds is 1. The summed E-state index contributed by atoms with van der Waals surface area (Å²) in [6, 6.07) is 17.2. The summed E-state index contributed by atoms with van der Waals surface area (Å²) in [6.45, 7) is 0. The first-order valence-electron chi connectivity index (χ1n) is 5.52. The molecule has 17 heavy (non-hydrogen) atoms. The van der Waals surface area contributed by atoms with Crippen molar-refractivity contribution < 1.29 is 0 Å². The molecular weight excluding hydrogens is 210 g/mol. The molecule has 82 valence electrons. The zero-order chi connectivity index (χ0) is 11.7. The van der Waals surface area contributed by atoms with Gasteiger partial charge in [0.1, 0.15) is 0 Å². The van der Waals surface area contributed by atoms with Crippen molar-refractivity contribution in [1.29, 1.82) is 0 Å². The molecule has 0 fully saturated rings. The van der Waals surface area contributed by atoms with Gasteiger partial charge in [0, 0.05) is 18.5 Å². The lowest BCUT2D eigenvalue weighted by Gasteiger charge is -2.06. The minimum absolute atomic E-state index is 0.0578. The van der Waals surface area contributed by atoms with Crippen LogP contribution in [0.5, 0.6) is 0 Å². The van der Waals surface area contributed by atoms with Gasteiger partial charge in [-0.1, -0.05) is 36.4 Å². The zero-order valence-corrected chi connectivity index (χ0v) is 9.21. The third-order valence-electron chi connectivity index (χ3n) is 2.84. The molecule has 0 saturated carbocycles. The van der Waals surface area contributed by atoms with Crippen LogP contribution in [0, 0.1) is 0 Å². The van der Waals surface area contributed by atoms with E-state index in [1.165, 1.54) is 0 Å². The Balaban J connectivity index is 2.43. The lowest BCUT2D eigenvalue weighted by molar-refractivity contribution is 1.16. The highest BCUT2D eigenvalue weighted by Gasteiger charge is 2.06. The molecule has 0 bridgehead atoms. The normalized spacial score (nSPS) is 10.6. The van der Waals surface area contributed by atoms with E-state index in [0.29, 0.717) is 0 Å². The van der Waals surface area contributed by atoms with Crippen molar-refractivity contribution in [3.8, 4) is 11.1 Å². The topological polar surface area (TPSA) is 21.5 Å². The van der Waals surface area contributed by atoms with Crippen molar-refractivity contribution in [2.75, 3.05) is 0 Å². The molecule has 0 aliphatic carbocycles. The molecule has 2 aromatic heterocycles. The number of fused-ring (bicyclic) bond motifs is 1. The van der Waals surface area contributed by atoms with Crippen molar-refractivity contribution >= 4 is 5.52 Å². The molecule has 0 amide bonds. The second kappa shape index (κ2) is 3.91. The Hall–Kier alpha value is -2.35. The van der Waals surface area contributed by atoms with Crippen LogP contribution in [0.1, 0.15) is 0 Å². The number of pyridine rings is 2. The van der Waals surface area contributed by atoms with E-state index >= 15 is 0 Å². The lowest BCUT2D eigenvalue weighted by atomic mass is 10.0. The maximum absolute atomic E-state index is 12.0. The minimum Gasteiger partial charge on any atom is -0.323 e. The fourth-order valence-electron chi connectivity index (χ4n) is 2.05. The van der Waals surface area contributed by atoms with Crippen LogP contribution in [0.2, 0.25) is 0 Å². The van der Waals surface area contributed by atoms with E-state index in [1.807, 2.05) is 59.1 Å². The molecule has 2 heteroatoms. The van der Waals surface area contributed by atoms with Crippen LogP contribution >= 0.6 is 0 Å². The van der Waals surface area contributed by atoms with Gasteiger partial charge in [0.25, 0.3) is 0 Å². The molecule has 0 radical (unpaired) electrons. The van der Waals surface area contributed by atoms with Gasteiger partial charge in [-0.2, -0.15) is 0 Å². The second-order valence-electron chi connectivity index (χ2n) is 3.91. The Kier molecular flexibility index (Phi) is 2.26. The molecular formula is C15H11NO. The number of hydrogen-bond acceptors (Lipinski definition) is 1. The van der Waals surface area contributed by atoms with Crippen LogP contribution in [0.15, 0.2) is 71.8 Å². The average molecular weight is 221 g/mol. The van der Waals surface area contributed by atoms with Crippen LogP contribution < -0.4 is 5.43 Å². The van der Waals surface area contributed by atoms with Crippen molar-refractivity contribution in [2.24, 2.45) is 0 Å². The molecule has 0 aliphatic rings. The van der Waals surface area contributed by atoms with Crippen molar-refractivity contribution in [2.45, 2.75) is 0 Å². The second-order valence-corrected chi connectivity index (χ2v) is 3.91. The smallest absolute Gasteiger partial charge is 0.190 e. The third-order valence-corrected chi connectivity index (χ3v) is 2.84. The summed E-state index contributed by atoms with van der Waals surface area (Å²) in [4.78, 5) is 12.0. The van der Waals surface area contributed by atoms with E-state index in [2.05, 4.69) is 0 Å². The standard InChI is InChI=1S/C15H11NO/c17-14-9-11-16-10-5-4-8-13(16)15(14)12-6-2-1-3-7-12/h1-11H. The molecule has 3 rings (SSSR count). The highest BCUT2D eigenvalue weighted by Crippen LogP contribution is 2.20. The third kappa shape index (κ3) is 1.64. The van der Waals surface area contributed by atoms with Crippen molar-refractivity contribution in [1.82, 2.24) is 4.40 Å². The minimum atomic E-state index is 0.0578. The summed E-state index contributed by atoms with van der Waals surface area (Å²) < 4.78 is 1.96. The molecule has 0 unspecified atom stereocenters. The van der Waals surface area contributed by atoms with Gasteiger partial charge < -0.3 is 4.40 Å². The first-order chi connectivity index (χ1) is 8.36. The van der Waals surface area contributed by atoms with Crippen molar-refractivity contribution in [3.63, 3.8) is 0 Å². The molecule has 2 heterocycles. The highest BCUT2D eigenvalue weighted by atomic mass is 16.1. The number of hydrogen-bond donors (Lipinski definition) is 0.